The molecule has 0 radical (unpaired) electrons. The number of rotatable bonds is 1. The summed E-state index contributed by atoms with van der Waals surface area (Å²) in [6.45, 7) is 0. The van der Waals surface area contributed by atoms with Crippen molar-refractivity contribution < 1.29 is 9.59 Å². The summed E-state index contributed by atoms with van der Waals surface area (Å²) in [4.78, 5) is 27.2. The third-order valence-corrected chi connectivity index (χ3v) is 2.75. The molecule has 0 aliphatic carbocycles. The highest BCUT2D eigenvalue weighted by molar-refractivity contribution is 6.24. The molecule has 0 saturated heterocycles. The molecule has 0 spiro atoms. The number of nitrogens with zero attached hydrogens (tertiary/aromatic N) is 1. The average Bonchev–Trinajstić information content (AvgIpc) is 2.66. The maximum absolute atomic E-state index is 11.7. The lowest BCUT2D eigenvalue weighted by atomic mass is 9.97. The van der Waals surface area contributed by atoms with Crippen LogP contribution < -0.4 is 5.32 Å². The van der Waals surface area contributed by atoms with Gasteiger partial charge in [-0.3, -0.25) is 19.9 Å². The van der Waals surface area contributed by atoms with Crippen molar-refractivity contribution in [2.24, 2.45) is 0 Å². The molecule has 17 heavy (non-hydrogen) atoms. The van der Waals surface area contributed by atoms with Crippen molar-refractivity contribution in [3.05, 3.63) is 53.9 Å². The Morgan fingerprint density at radius 1 is 0.882 bits per heavy atom. The molecule has 1 aromatic carbocycles. The Morgan fingerprint density at radius 2 is 1.59 bits per heavy atom. The number of amides is 2. The first-order chi connectivity index (χ1) is 8.27. The Labute approximate surface area is 97.3 Å². The smallest absolute Gasteiger partial charge is 0.259 e. The van der Waals surface area contributed by atoms with Crippen molar-refractivity contribution in [2.75, 3.05) is 0 Å². The molecule has 1 aromatic heterocycles. The Hall–Kier alpha value is -2.49. The van der Waals surface area contributed by atoms with Crippen LogP contribution in [0.25, 0.3) is 11.1 Å². The van der Waals surface area contributed by atoms with Crippen molar-refractivity contribution >= 4 is 11.8 Å². The van der Waals surface area contributed by atoms with E-state index in [4.69, 9.17) is 0 Å². The van der Waals surface area contributed by atoms with Crippen molar-refractivity contribution in [1.82, 2.24) is 10.3 Å². The summed E-state index contributed by atoms with van der Waals surface area (Å²) in [5, 5.41) is 2.30. The van der Waals surface area contributed by atoms with Gasteiger partial charge in [-0.25, -0.2) is 0 Å². The molecule has 0 fully saturated rings. The van der Waals surface area contributed by atoms with Crippen LogP contribution in [0, 0.1) is 0 Å². The van der Waals surface area contributed by atoms with Gasteiger partial charge in [0.05, 0.1) is 11.1 Å². The standard InChI is InChI=1S/C13H8N2O2/c16-12-10-3-1-2-9(11(10)13(17)15-12)8-4-6-14-7-5-8/h1-7H,(H,15,16,17). The first-order valence-corrected chi connectivity index (χ1v) is 5.16. The van der Waals surface area contributed by atoms with Crippen molar-refractivity contribution in [1.29, 1.82) is 0 Å². The van der Waals surface area contributed by atoms with Crippen molar-refractivity contribution in [3.63, 3.8) is 0 Å². The second-order valence-corrected chi connectivity index (χ2v) is 3.75. The molecule has 1 aliphatic rings. The number of aromatic nitrogens is 1. The van der Waals surface area contributed by atoms with Crippen LogP contribution in [-0.2, 0) is 0 Å². The summed E-state index contributed by atoms with van der Waals surface area (Å²) in [6.07, 6.45) is 3.31. The number of nitrogens with one attached hydrogen (secondary N) is 1. The Kier molecular flexibility index (Phi) is 2.01. The minimum atomic E-state index is -0.336. The summed E-state index contributed by atoms with van der Waals surface area (Å²) < 4.78 is 0. The van der Waals surface area contributed by atoms with Gasteiger partial charge in [-0.1, -0.05) is 12.1 Å². The molecule has 4 nitrogen and oxygen atoms in total. The summed E-state index contributed by atoms with van der Waals surface area (Å²) in [5.41, 5.74) is 2.52. The predicted molar refractivity (Wildman–Crippen MR) is 61.5 cm³/mol. The molecule has 2 aromatic rings. The lowest BCUT2D eigenvalue weighted by molar-refractivity contribution is 0.0880. The molecule has 82 valence electrons. The van der Waals surface area contributed by atoms with Crippen LogP contribution in [0.2, 0.25) is 0 Å². The number of carbonyl (C=O) groups excluding carboxylic acids is 2. The molecular formula is C13H8N2O2. The zero-order chi connectivity index (χ0) is 11.8. The maximum Gasteiger partial charge on any atom is 0.259 e. The molecule has 0 bridgehead atoms. The number of hydrogen-bond donors (Lipinski definition) is 1. The van der Waals surface area contributed by atoms with Gasteiger partial charge in [-0.05, 0) is 29.3 Å². The average molecular weight is 224 g/mol. The lowest BCUT2D eigenvalue weighted by Gasteiger charge is -2.04. The third-order valence-electron chi connectivity index (χ3n) is 2.75. The molecule has 0 atom stereocenters. The van der Waals surface area contributed by atoms with Gasteiger partial charge in [0.25, 0.3) is 11.8 Å². The van der Waals surface area contributed by atoms with Crippen LogP contribution in [-0.4, -0.2) is 16.8 Å². The van der Waals surface area contributed by atoms with Gasteiger partial charge >= 0.3 is 0 Å². The highest BCUT2D eigenvalue weighted by atomic mass is 16.2. The van der Waals surface area contributed by atoms with E-state index in [0.717, 1.165) is 11.1 Å². The Morgan fingerprint density at radius 3 is 2.35 bits per heavy atom. The highest BCUT2D eigenvalue weighted by Gasteiger charge is 2.29. The van der Waals surface area contributed by atoms with Crippen LogP contribution in [0.15, 0.2) is 42.7 Å². The quantitative estimate of drug-likeness (QED) is 0.749. The van der Waals surface area contributed by atoms with Gasteiger partial charge in [-0.15, -0.1) is 0 Å². The number of benzene rings is 1. The van der Waals surface area contributed by atoms with E-state index in [-0.39, 0.29) is 11.8 Å². The van der Waals surface area contributed by atoms with Crippen LogP contribution in [0.4, 0.5) is 0 Å². The number of carbonyl (C=O) groups is 2. The van der Waals surface area contributed by atoms with Crippen LogP contribution in [0.1, 0.15) is 20.7 Å². The van der Waals surface area contributed by atoms with Crippen LogP contribution >= 0.6 is 0 Å². The van der Waals surface area contributed by atoms with E-state index in [0.29, 0.717) is 11.1 Å². The number of imide groups is 1. The minimum absolute atomic E-state index is 0.332. The van der Waals surface area contributed by atoms with Gasteiger partial charge in [0.1, 0.15) is 0 Å². The highest BCUT2D eigenvalue weighted by Crippen LogP contribution is 2.28. The van der Waals surface area contributed by atoms with Crippen molar-refractivity contribution in [2.45, 2.75) is 0 Å². The summed E-state index contributed by atoms with van der Waals surface area (Å²) in [7, 11) is 0. The SMILES string of the molecule is O=C1NC(=O)c2c1cccc2-c1ccncc1. The van der Waals surface area contributed by atoms with E-state index in [9.17, 15) is 9.59 Å². The van der Waals surface area contributed by atoms with Gasteiger partial charge in [0.2, 0.25) is 0 Å². The molecular weight excluding hydrogens is 216 g/mol. The zero-order valence-electron chi connectivity index (χ0n) is 8.81. The van der Waals surface area contributed by atoms with Crippen molar-refractivity contribution in [3.8, 4) is 11.1 Å². The van der Waals surface area contributed by atoms with E-state index in [1.165, 1.54) is 0 Å². The molecule has 2 amide bonds. The fourth-order valence-electron chi connectivity index (χ4n) is 1.99. The van der Waals surface area contributed by atoms with Gasteiger partial charge in [0.15, 0.2) is 0 Å². The summed E-state index contributed by atoms with van der Waals surface area (Å²) in [6, 6.07) is 8.87. The van der Waals surface area contributed by atoms with E-state index in [1.807, 2.05) is 18.2 Å². The largest absolute Gasteiger partial charge is 0.288 e. The number of fused-ring (bicyclic) bond motifs is 1. The van der Waals surface area contributed by atoms with E-state index in [1.54, 1.807) is 24.5 Å². The van der Waals surface area contributed by atoms with Gasteiger partial charge in [0, 0.05) is 12.4 Å². The second kappa shape index (κ2) is 3.52. The fourth-order valence-corrected chi connectivity index (χ4v) is 1.99. The van der Waals surface area contributed by atoms with Crippen LogP contribution in [0.3, 0.4) is 0 Å². The monoisotopic (exact) mass is 224 g/mol. The molecule has 1 aliphatic heterocycles. The first kappa shape index (κ1) is 9.72. The molecule has 4 heteroatoms. The van der Waals surface area contributed by atoms with Crippen LogP contribution in [0.5, 0.6) is 0 Å². The maximum atomic E-state index is 11.7. The zero-order valence-corrected chi connectivity index (χ0v) is 8.81. The van der Waals surface area contributed by atoms with E-state index >= 15 is 0 Å². The molecule has 2 heterocycles. The van der Waals surface area contributed by atoms with E-state index in [2.05, 4.69) is 10.3 Å². The first-order valence-electron chi connectivity index (χ1n) is 5.16. The molecule has 0 unspecified atom stereocenters. The Bertz CT molecular complexity index is 621. The van der Waals surface area contributed by atoms with E-state index < -0.39 is 0 Å². The van der Waals surface area contributed by atoms with Gasteiger partial charge < -0.3 is 0 Å². The predicted octanol–water partition coefficient (Wildman–Crippen LogP) is 1.63. The minimum Gasteiger partial charge on any atom is -0.288 e. The number of pyridine rings is 1. The third kappa shape index (κ3) is 1.42. The summed E-state index contributed by atoms with van der Waals surface area (Å²) in [5.74, 6) is -0.668. The molecule has 3 rings (SSSR count). The topological polar surface area (TPSA) is 59.1 Å². The summed E-state index contributed by atoms with van der Waals surface area (Å²) >= 11 is 0. The lowest BCUT2D eigenvalue weighted by Crippen LogP contribution is -2.20. The normalized spacial score (nSPS) is 13.4. The fraction of sp³-hybridized carbons (Fsp3) is 0. The van der Waals surface area contributed by atoms with Gasteiger partial charge in [-0.2, -0.15) is 0 Å². The number of hydrogen-bond acceptors (Lipinski definition) is 3. The molecule has 1 N–H and O–H groups in total. The molecule has 0 saturated carbocycles. The Balaban J connectivity index is 2.27. The second-order valence-electron chi connectivity index (χ2n) is 3.75.